The van der Waals surface area contributed by atoms with Crippen LogP contribution in [0.1, 0.15) is 78.6 Å². The fourth-order valence-corrected chi connectivity index (χ4v) is 9.80. The van der Waals surface area contributed by atoms with Gasteiger partial charge in [0.15, 0.2) is 0 Å². The molecule has 216 valence electrons. The summed E-state index contributed by atoms with van der Waals surface area (Å²) in [7, 11) is -4.90. The SMILES string of the molecule is C[C@H](CC[C@@H](O)[C@H](CO)COS(=O)(=O)[O-])[C@H]1CCC2C3C(C[C@H](O)[C@@]21C)[C@@]1(C)CC[C@@H](O)C[C@H]1C[C@H]3O.[Na+]. The van der Waals surface area contributed by atoms with E-state index in [2.05, 4.69) is 25.0 Å². The summed E-state index contributed by atoms with van der Waals surface area (Å²) >= 11 is 0. The third-order valence-electron chi connectivity index (χ3n) is 11.6. The van der Waals surface area contributed by atoms with Crippen LogP contribution in [0.5, 0.6) is 0 Å². The molecule has 4 rings (SSSR count). The summed E-state index contributed by atoms with van der Waals surface area (Å²) in [5.41, 5.74) is -0.321. The average Bonchev–Trinajstić information content (AvgIpc) is 3.17. The van der Waals surface area contributed by atoms with E-state index in [-0.39, 0.29) is 82.0 Å². The Hall–Kier alpha value is 0.670. The van der Waals surface area contributed by atoms with Crippen molar-refractivity contribution in [1.82, 2.24) is 0 Å². The van der Waals surface area contributed by atoms with E-state index < -0.39 is 47.8 Å². The molecule has 4 aliphatic carbocycles. The number of fused-ring (bicyclic) bond motifs is 5. The van der Waals surface area contributed by atoms with Gasteiger partial charge in [-0.25, -0.2) is 8.42 Å². The van der Waals surface area contributed by atoms with E-state index in [1.165, 1.54) is 0 Å². The van der Waals surface area contributed by atoms with Gasteiger partial charge in [0.1, 0.15) is 0 Å². The van der Waals surface area contributed by atoms with Crippen molar-refractivity contribution in [1.29, 1.82) is 0 Å². The van der Waals surface area contributed by atoms with Gasteiger partial charge in [-0.2, -0.15) is 0 Å². The molecule has 38 heavy (non-hydrogen) atoms. The van der Waals surface area contributed by atoms with Crippen molar-refractivity contribution in [2.45, 2.75) is 103 Å². The smallest absolute Gasteiger partial charge is 0.726 e. The molecule has 0 saturated heterocycles. The molecule has 5 N–H and O–H groups in total. The van der Waals surface area contributed by atoms with Crippen LogP contribution in [0, 0.1) is 52.3 Å². The minimum absolute atomic E-state index is 0. The predicted octanol–water partition coefficient (Wildman–Crippen LogP) is -1.19. The molecule has 0 aromatic rings. The third-order valence-corrected chi connectivity index (χ3v) is 12.1. The van der Waals surface area contributed by atoms with Crippen molar-refractivity contribution in [3.63, 3.8) is 0 Å². The summed E-state index contributed by atoms with van der Waals surface area (Å²) in [4.78, 5) is 0. The van der Waals surface area contributed by atoms with Gasteiger partial charge in [-0.1, -0.05) is 20.8 Å². The molecule has 0 aromatic heterocycles. The summed E-state index contributed by atoms with van der Waals surface area (Å²) in [5, 5.41) is 53.4. The van der Waals surface area contributed by atoms with E-state index in [0.29, 0.717) is 25.7 Å². The summed E-state index contributed by atoms with van der Waals surface area (Å²) in [6.45, 7) is 5.56. The van der Waals surface area contributed by atoms with Crippen LogP contribution >= 0.6 is 0 Å². The van der Waals surface area contributed by atoms with Crippen LogP contribution in [-0.2, 0) is 14.6 Å². The molecule has 4 saturated carbocycles. The Bertz CT molecular complexity index is 905. The van der Waals surface area contributed by atoms with Crippen LogP contribution in [0.2, 0.25) is 0 Å². The summed E-state index contributed by atoms with van der Waals surface area (Å²) in [6.07, 6.45) is 4.42. The Balaban J connectivity index is 0.00000400. The molecule has 0 bridgehead atoms. The van der Waals surface area contributed by atoms with Crippen molar-refractivity contribution in [2.24, 2.45) is 52.3 Å². The quantitative estimate of drug-likeness (QED) is 0.130. The zero-order chi connectivity index (χ0) is 27.3. The van der Waals surface area contributed by atoms with Crippen LogP contribution in [0.4, 0.5) is 0 Å². The third kappa shape index (κ3) is 6.21. The Kier molecular flexibility index (Phi) is 10.9. The molecule has 0 aromatic carbocycles. The van der Waals surface area contributed by atoms with Gasteiger partial charge < -0.3 is 30.1 Å². The predicted molar refractivity (Wildman–Crippen MR) is 135 cm³/mol. The topological polar surface area (TPSA) is 168 Å². The van der Waals surface area contributed by atoms with E-state index in [1.807, 2.05) is 0 Å². The molecule has 11 heteroatoms. The van der Waals surface area contributed by atoms with Gasteiger partial charge in [0.25, 0.3) is 0 Å². The van der Waals surface area contributed by atoms with Gasteiger partial charge in [-0.3, -0.25) is 4.18 Å². The minimum atomic E-state index is -4.90. The zero-order valence-corrected chi connectivity index (χ0v) is 26.2. The van der Waals surface area contributed by atoms with Crippen LogP contribution < -0.4 is 29.6 Å². The van der Waals surface area contributed by atoms with Crippen LogP contribution in [0.25, 0.3) is 0 Å². The number of rotatable bonds is 9. The van der Waals surface area contributed by atoms with Gasteiger partial charge in [0.05, 0.1) is 37.6 Å². The standard InChI is InChI=1S/C27H48O9S.Na/c1-15(4-7-22(30)16(13-28)14-36-37(33,34)35)19-5-6-20-25-21(12-24(32)27(19,20)3)26(2)9-8-18(29)10-17(26)11-23(25)31;/h15-25,28-32H,4-14H2,1-3H3,(H,33,34,35);/q;+1/p-1/t15-,16-,17+,18-,19-,20?,21?,22-,23-,24+,25?,26+,27-;/m1./s1. The second kappa shape index (κ2) is 12.5. The molecule has 0 aliphatic heterocycles. The monoisotopic (exact) mass is 570 g/mol. The van der Waals surface area contributed by atoms with Crippen molar-refractivity contribution >= 4 is 10.4 Å². The number of hydrogen-bond donors (Lipinski definition) is 5. The first kappa shape index (κ1) is 33.2. The van der Waals surface area contributed by atoms with E-state index in [0.717, 1.165) is 32.1 Å². The first-order chi connectivity index (χ1) is 17.2. The maximum Gasteiger partial charge on any atom is 1.00 e. The summed E-state index contributed by atoms with van der Waals surface area (Å²) in [6, 6.07) is 0. The minimum Gasteiger partial charge on any atom is -0.726 e. The largest absolute Gasteiger partial charge is 1.00 e. The number of aliphatic hydroxyl groups excluding tert-OH is 5. The second-order valence-corrected chi connectivity index (χ2v) is 14.3. The molecule has 13 atom stereocenters. The van der Waals surface area contributed by atoms with Gasteiger partial charge in [0.2, 0.25) is 10.4 Å². The fourth-order valence-electron chi connectivity index (χ4n) is 9.46. The molecule has 4 aliphatic rings. The summed E-state index contributed by atoms with van der Waals surface area (Å²) < 4.78 is 36.5. The van der Waals surface area contributed by atoms with Crippen LogP contribution in [0.15, 0.2) is 0 Å². The first-order valence-electron chi connectivity index (χ1n) is 14.2. The molecular formula is C27H47NaO9S. The zero-order valence-electron chi connectivity index (χ0n) is 23.4. The molecule has 0 heterocycles. The molecule has 0 amide bonds. The maximum atomic E-state index is 11.7. The van der Waals surface area contributed by atoms with Crippen molar-refractivity contribution < 1.29 is 72.2 Å². The van der Waals surface area contributed by atoms with E-state index in [9.17, 15) is 38.5 Å². The molecule has 0 radical (unpaired) electrons. The fraction of sp³-hybridized carbons (Fsp3) is 1.00. The van der Waals surface area contributed by atoms with E-state index in [1.54, 1.807) is 0 Å². The van der Waals surface area contributed by atoms with Crippen molar-refractivity contribution in [2.75, 3.05) is 13.2 Å². The Labute approximate surface area is 250 Å². The van der Waals surface area contributed by atoms with Crippen molar-refractivity contribution in [3.05, 3.63) is 0 Å². The van der Waals surface area contributed by atoms with Crippen molar-refractivity contribution in [3.8, 4) is 0 Å². The number of hydrogen-bond acceptors (Lipinski definition) is 9. The van der Waals surface area contributed by atoms with Crippen LogP contribution in [0.3, 0.4) is 0 Å². The van der Waals surface area contributed by atoms with Gasteiger partial charge in [-0.15, -0.1) is 0 Å². The van der Waals surface area contributed by atoms with Gasteiger partial charge >= 0.3 is 29.6 Å². The van der Waals surface area contributed by atoms with Gasteiger partial charge in [0, 0.05) is 5.92 Å². The Morgan fingerprint density at radius 2 is 1.71 bits per heavy atom. The summed E-state index contributed by atoms with van der Waals surface area (Å²) in [5.74, 6) is 0.355. The first-order valence-corrected chi connectivity index (χ1v) is 15.5. The maximum absolute atomic E-state index is 11.7. The Morgan fingerprint density at radius 1 is 1.03 bits per heavy atom. The molecule has 0 spiro atoms. The molecular weight excluding hydrogens is 523 g/mol. The molecule has 9 nitrogen and oxygen atoms in total. The number of aliphatic hydroxyl groups is 5. The molecule has 3 unspecified atom stereocenters. The van der Waals surface area contributed by atoms with Crippen LogP contribution in [-0.4, -0.2) is 76.1 Å². The average molecular weight is 571 g/mol. The second-order valence-electron chi connectivity index (χ2n) is 13.3. The van der Waals surface area contributed by atoms with Gasteiger partial charge in [-0.05, 0) is 104 Å². The normalized spacial score (nSPS) is 45.2. The molecule has 4 fully saturated rings. The van der Waals surface area contributed by atoms with E-state index >= 15 is 0 Å². The van der Waals surface area contributed by atoms with E-state index in [4.69, 9.17) is 0 Å². The Morgan fingerprint density at radius 3 is 2.34 bits per heavy atom.